The van der Waals surface area contributed by atoms with Gasteiger partial charge >= 0.3 is 0 Å². The molecule has 0 saturated heterocycles. The fraction of sp³-hybridized carbons (Fsp3) is 0.300. The molecule has 0 aromatic rings. The summed E-state index contributed by atoms with van der Waals surface area (Å²) in [6.45, 7) is 8.09. The zero-order chi connectivity index (χ0) is 21.4. The van der Waals surface area contributed by atoms with Crippen molar-refractivity contribution in [3.8, 4) is 0 Å². The van der Waals surface area contributed by atoms with Crippen molar-refractivity contribution in [3.63, 3.8) is 0 Å². The Kier molecular flexibility index (Phi) is 13.9. The Hall–Kier alpha value is -0.194. The van der Waals surface area contributed by atoms with Crippen molar-refractivity contribution in [1.82, 2.24) is 10.6 Å². The monoisotopic (exact) mass is 697 g/mol. The second-order valence-electron chi connectivity index (χ2n) is 6.54. The van der Waals surface area contributed by atoms with Gasteiger partial charge in [0.05, 0.1) is 8.96 Å². The van der Waals surface area contributed by atoms with Crippen LogP contribution in [0, 0.1) is 0 Å². The topological polar surface area (TPSA) is 58.2 Å². The Morgan fingerprint density at radius 3 is 1.28 bits per heavy atom. The van der Waals surface area contributed by atoms with Gasteiger partial charge in [-0.3, -0.25) is 9.59 Å². The van der Waals surface area contributed by atoms with Gasteiger partial charge in [-0.25, -0.2) is 0 Å². The van der Waals surface area contributed by atoms with Crippen molar-refractivity contribution in [1.29, 1.82) is 0 Å². The van der Waals surface area contributed by atoms with E-state index in [4.69, 9.17) is 0 Å². The minimum atomic E-state index is 0. The first-order valence-corrected chi connectivity index (χ1v) is 11.7. The molecule has 0 atom stereocenters. The van der Waals surface area contributed by atoms with E-state index in [-0.39, 0.29) is 28.3 Å². The molecule has 29 heavy (non-hydrogen) atoms. The van der Waals surface area contributed by atoms with Crippen LogP contribution in [0.4, 0.5) is 0 Å². The molecule has 9 heteroatoms. The Morgan fingerprint density at radius 1 is 0.690 bits per heavy atom. The number of nitrogens with one attached hydrogen (secondary N) is 2. The average Bonchev–Trinajstić information content (AvgIpc) is 2.59. The van der Waals surface area contributed by atoms with Crippen LogP contribution in [-0.2, 0) is 26.4 Å². The van der Waals surface area contributed by atoms with Crippen LogP contribution >= 0.6 is 63.7 Å². The van der Waals surface area contributed by atoms with Crippen molar-refractivity contribution < 1.29 is 26.4 Å². The van der Waals surface area contributed by atoms with Crippen LogP contribution in [0.3, 0.4) is 0 Å². The zero-order valence-corrected chi connectivity index (χ0v) is 23.7. The van der Waals surface area contributed by atoms with E-state index < -0.39 is 0 Å². The number of ketones is 2. The van der Waals surface area contributed by atoms with Crippen molar-refractivity contribution in [2.75, 3.05) is 0 Å². The number of Topliss-reactive ketones (excluding diaryl/α,β-unsaturated/α-hetero) is 2. The SMILES string of the molecule is CC(C)NC=C1C=C(Br)C=C(Br)C1=O.CC(C)NC=C1C=C(Br)C=C(Br)C1=O.[Co]. The smallest absolute Gasteiger partial charge is 0.201 e. The number of allylic oxidation sites excluding steroid dienone is 10. The maximum atomic E-state index is 11.6. The van der Waals surface area contributed by atoms with E-state index >= 15 is 0 Å². The fourth-order valence-corrected chi connectivity index (χ4v) is 4.40. The molecule has 2 N–H and O–H groups in total. The summed E-state index contributed by atoms with van der Waals surface area (Å²) in [5.41, 5.74) is 1.31. The molecular formula is C20H22Br4CoN2O2. The summed E-state index contributed by atoms with van der Waals surface area (Å²) in [4.78, 5) is 23.2. The maximum absolute atomic E-state index is 11.6. The van der Waals surface area contributed by atoms with Gasteiger partial charge in [-0.15, -0.1) is 0 Å². The Morgan fingerprint density at radius 2 is 1.00 bits per heavy atom. The molecule has 0 amide bonds. The van der Waals surface area contributed by atoms with Gasteiger partial charge in [0.1, 0.15) is 0 Å². The predicted octanol–water partition coefficient (Wildman–Crippen LogP) is 6.01. The summed E-state index contributed by atoms with van der Waals surface area (Å²) in [5.74, 6) is 0.00250. The third-order valence-electron chi connectivity index (χ3n) is 3.22. The van der Waals surface area contributed by atoms with Crippen LogP contribution in [0.15, 0.2) is 65.8 Å². The first kappa shape index (κ1) is 28.8. The normalized spacial score (nSPS) is 19.1. The van der Waals surface area contributed by atoms with E-state index in [1.165, 1.54) is 0 Å². The number of hydrogen-bond donors (Lipinski definition) is 2. The van der Waals surface area contributed by atoms with Gasteiger partial charge in [0.15, 0.2) is 0 Å². The first-order chi connectivity index (χ1) is 13.0. The molecule has 2 aliphatic rings. The molecule has 161 valence electrons. The predicted molar refractivity (Wildman–Crippen MR) is 131 cm³/mol. The van der Waals surface area contributed by atoms with E-state index in [1.54, 1.807) is 36.7 Å². The summed E-state index contributed by atoms with van der Waals surface area (Å²) in [6.07, 6.45) is 10.6. The molecule has 0 aliphatic heterocycles. The molecule has 0 heterocycles. The summed E-state index contributed by atoms with van der Waals surface area (Å²) >= 11 is 13.1. The van der Waals surface area contributed by atoms with Gasteiger partial charge in [-0.2, -0.15) is 0 Å². The standard InChI is InChI=1S/2C10H11Br2NO.Co/c2*1-6(2)13-5-7-3-8(11)4-9(12)10(7)14;/h2*3-6,13H,1-2H3;. The molecule has 2 aliphatic carbocycles. The van der Waals surface area contributed by atoms with Crippen LogP contribution in [0.1, 0.15) is 27.7 Å². The minimum Gasteiger partial charge on any atom is -0.388 e. The molecule has 0 aromatic carbocycles. The van der Waals surface area contributed by atoms with E-state index in [2.05, 4.69) is 74.4 Å². The summed E-state index contributed by atoms with van der Waals surface area (Å²) in [5, 5.41) is 6.18. The molecule has 0 unspecified atom stereocenters. The molecule has 0 aromatic heterocycles. The van der Waals surface area contributed by atoms with Gasteiger partial charge in [0, 0.05) is 61.4 Å². The summed E-state index contributed by atoms with van der Waals surface area (Å²) < 4.78 is 2.92. The largest absolute Gasteiger partial charge is 0.388 e. The third kappa shape index (κ3) is 10.6. The van der Waals surface area contributed by atoms with Crippen LogP contribution < -0.4 is 10.6 Å². The number of halogens is 4. The Bertz CT molecular complexity index is 754. The van der Waals surface area contributed by atoms with Crippen molar-refractivity contribution in [3.05, 3.63) is 65.8 Å². The second-order valence-corrected chi connectivity index (χ2v) is 10.1. The van der Waals surface area contributed by atoms with Crippen molar-refractivity contribution in [2.45, 2.75) is 39.8 Å². The van der Waals surface area contributed by atoms with Gasteiger partial charge in [-0.1, -0.05) is 31.9 Å². The van der Waals surface area contributed by atoms with Gasteiger partial charge in [0.2, 0.25) is 11.6 Å². The third-order valence-corrected chi connectivity index (χ3v) is 5.31. The second kappa shape index (κ2) is 14.0. The summed E-state index contributed by atoms with van der Waals surface area (Å²) in [7, 11) is 0. The van der Waals surface area contributed by atoms with E-state index in [9.17, 15) is 9.59 Å². The average molecular weight is 701 g/mol. The van der Waals surface area contributed by atoms with Crippen LogP contribution in [0.5, 0.6) is 0 Å². The number of carbonyl (C=O) groups excluding carboxylic acids is 2. The van der Waals surface area contributed by atoms with Crippen LogP contribution in [0.25, 0.3) is 0 Å². The van der Waals surface area contributed by atoms with E-state index in [1.807, 2.05) is 27.7 Å². The number of carbonyl (C=O) groups is 2. The quantitative estimate of drug-likeness (QED) is 0.353. The van der Waals surface area contributed by atoms with Crippen LogP contribution in [0.2, 0.25) is 0 Å². The molecule has 0 saturated carbocycles. The maximum Gasteiger partial charge on any atom is 0.201 e. The molecule has 0 fully saturated rings. The van der Waals surface area contributed by atoms with E-state index in [0.717, 1.165) is 8.96 Å². The Balaban J connectivity index is 0.000000523. The van der Waals surface area contributed by atoms with Gasteiger partial charge in [0.25, 0.3) is 0 Å². The summed E-state index contributed by atoms with van der Waals surface area (Å²) in [6, 6.07) is 0.652. The Labute approximate surface area is 216 Å². The fourth-order valence-electron chi connectivity index (χ4n) is 1.89. The van der Waals surface area contributed by atoms with E-state index in [0.29, 0.717) is 32.2 Å². The molecule has 2 rings (SSSR count). The first-order valence-electron chi connectivity index (χ1n) is 8.52. The molecule has 4 nitrogen and oxygen atoms in total. The zero-order valence-electron chi connectivity index (χ0n) is 16.3. The van der Waals surface area contributed by atoms with Gasteiger partial charge < -0.3 is 10.6 Å². The molecule has 0 spiro atoms. The van der Waals surface area contributed by atoms with Crippen LogP contribution in [-0.4, -0.2) is 23.7 Å². The number of hydrogen-bond acceptors (Lipinski definition) is 4. The molecular weight excluding hydrogens is 679 g/mol. The molecule has 0 bridgehead atoms. The minimum absolute atomic E-state index is 0. The van der Waals surface area contributed by atoms with Crippen molar-refractivity contribution in [2.24, 2.45) is 0 Å². The van der Waals surface area contributed by atoms with Gasteiger partial charge in [-0.05, 0) is 83.9 Å². The molecule has 1 radical (unpaired) electrons. The number of rotatable bonds is 4. The van der Waals surface area contributed by atoms with Crippen molar-refractivity contribution >= 4 is 75.3 Å².